The summed E-state index contributed by atoms with van der Waals surface area (Å²) >= 11 is 0. The Hall–Kier alpha value is -2.69. The smallest absolute Gasteiger partial charge is 0.201 e. The molecule has 0 spiro atoms. The van der Waals surface area contributed by atoms with Crippen LogP contribution < -0.4 is 9.47 Å². The van der Waals surface area contributed by atoms with Crippen LogP contribution in [0.15, 0.2) is 36.4 Å². The lowest BCUT2D eigenvalue weighted by Gasteiger charge is -2.12. The maximum atomic E-state index is 12.9. The minimum Gasteiger partial charge on any atom is -0.504 e. The first kappa shape index (κ1) is 27.6. The molecule has 2 N–H and O–H groups in total. The maximum Gasteiger partial charge on any atom is 0.201 e. The molecule has 5 heteroatoms. The van der Waals surface area contributed by atoms with Gasteiger partial charge in [-0.05, 0) is 49.2 Å². The molecule has 0 aliphatic heterocycles. The second-order valence-electron chi connectivity index (χ2n) is 8.89. The number of rotatable bonds is 18. The average molecular weight is 471 g/mol. The van der Waals surface area contributed by atoms with E-state index in [4.69, 9.17) is 9.47 Å². The molecule has 0 radical (unpaired) electrons. The number of ether oxygens (including phenoxy) is 2. The summed E-state index contributed by atoms with van der Waals surface area (Å²) in [4.78, 5) is 12.9. The first-order chi connectivity index (χ1) is 16.6. The normalized spacial score (nSPS) is 10.9. The Labute approximate surface area is 205 Å². The van der Waals surface area contributed by atoms with Gasteiger partial charge in [0.1, 0.15) is 5.75 Å². The minimum absolute atomic E-state index is 0.0464. The van der Waals surface area contributed by atoms with Gasteiger partial charge in [0.15, 0.2) is 17.3 Å². The SMILES string of the molecule is CCCCCCCCOc1ccc(C(=O)c2ccc(OCCCCCCCC)c(O)c2O)cc1. The molecule has 5 nitrogen and oxygen atoms in total. The standard InChI is InChI=1S/C29H42O5/c1-3-5-7-9-11-13-21-33-24-17-15-23(16-18-24)27(30)25-19-20-26(29(32)28(25)31)34-22-14-12-10-8-6-4-2/h15-20,31-32H,3-14,21-22H2,1-2H3. The fourth-order valence-corrected chi connectivity index (χ4v) is 3.86. The quantitative estimate of drug-likeness (QED) is 0.132. The predicted molar refractivity (Wildman–Crippen MR) is 137 cm³/mol. The first-order valence-corrected chi connectivity index (χ1v) is 13.0. The molecule has 0 amide bonds. The van der Waals surface area contributed by atoms with E-state index in [9.17, 15) is 15.0 Å². The molecule has 0 fully saturated rings. The van der Waals surface area contributed by atoms with E-state index in [1.54, 1.807) is 24.3 Å². The van der Waals surface area contributed by atoms with Gasteiger partial charge >= 0.3 is 0 Å². The highest BCUT2D eigenvalue weighted by molar-refractivity contribution is 6.11. The van der Waals surface area contributed by atoms with E-state index in [2.05, 4.69) is 13.8 Å². The Balaban J connectivity index is 1.83. The molecular weight excluding hydrogens is 428 g/mol. The molecule has 0 heterocycles. The zero-order valence-corrected chi connectivity index (χ0v) is 21.0. The largest absolute Gasteiger partial charge is 0.504 e. The molecule has 0 unspecified atom stereocenters. The van der Waals surface area contributed by atoms with Crippen molar-refractivity contribution < 1.29 is 24.5 Å². The van der Waals surface area contributed by atoms with Gasteiger partial charge in [0.2, 0.25) is 5.75 Å². The van der Waals surface area contributed by atoms with Crippen LogP contribution in [0.2, 0.25) is 0 Å². The Morgan fingerprint density at radius 2 is 1.18 bits per heavy atom. The van der Waals surface area contributed by atoms with Crippen LogP contribution in [0.3, 0.4) is 0 Å². The molecule has 0 saturated carbocycles. The number of phenols is 2. The third kappa shape index (κ3) is 9.28. The molecule has 0 bridgehead atoms. The van der Waals surface area contributed by atoms with E-state index in [0.717, 1.165) is 31.4 Å². The molecule has 34 heavy (non-hydrogen) atoms. The maximum absolute atomic E-state index is 12.9. The van der Waals surface area contributed by atoms with E-state index in [1.165, 1.54) is 63.5 Å². The number of carbonyl (C=O) groups excluding carboxylic acids is 1. The number of benzene rings is 2. The highest BCUT2D eigenvalue weighted by Crippen LogP contribution is 2.39. The summed E-state index contributed by atoms with van der Waals surface area (Å²) < 4.78 is 11.4. The molecule has 2 aromatic rings. The third-order valence-corrected chi connectivity index (χ3v) is 6.00. The van der Waals surface area contributed by atoms with Gasteiger partial charge in [0.05, 0.1) is 18.8 Å². The number of carbonyl (C=O) groups is 1. The molecule has 0 atom stereocenters. The van der Waals surface area contributed by atoms with Gasteiger partial charge in [0.25, 0.3) is 0 Å². The molecule has 0 saturated heterocycles. The van der Waals surface area contributed by atoms with Crippen molar-refractivity contribution in [3.05, 3.63) is 47.5 Å². The van der Waals surface area contributed by atoms with Crippen molar-refractivity contribution in [2.24, 2.45) is 0 Å². The third-order valence-electron chi connectivity index (χ3n) is 6.00. The van der Waals surface area contributed by atoms with E-state index in [1.807, 2.05) is 0 Å². The van der Waals surface area contributed by atoms with Gasteiger partial charge in [-0.3, -0.25) is 4.79 Å². The zero-order valence-electron chi connectivity index (χ0n) is 21.0. The van der Waals surface area contributed by atoms with Gasteiger partial charge < -0.3 is 19.7 Å². The van der Waals surface area contributed by atoms with Crippen LogP contribution in [0, 0.1) is 0 Å². The molecule has 0 aliphatic rings. The zero-order chi connectivity index (χ0) is 24.6. The number of hydrogen-bond acceptors (Lipinski definition) is 5. The average Bonchev–Trinajstić information content (AvgIpc) is 2.85. The van der Waals surface area contributed by atoms with Gasteiger partial charge in [-0.2, -0.15) is 0 Å². The minimum atomic E-state index is -0.450. The Bertz CT molecular complexity index is 844. The fourth-order valence-electron chi connectivity index (χ4n) is 3.86. The highest BCUT2D eigenvalue weighted by Gasteiger charge is 2.19. The van der Waals surface area contributed by atoms with Crippen molar-refractivity contribution in [3.63, 3.8) is 0 Å². The summed E-state index contributed by atoms with van der Waals surface area (Å²) in [6, 6.07) is 9.92. The van der Waals surface area contributed by atoms with Crippen LogP contribution in [0.4, 0.5) is 0 Å². The monoisotopic (exact) mass is 470 g/mol. The van der Waals surface area contributed by atoms with Crippen LogP contribution >= 0.6 is 0 Å². The topological polar surface area (TPSA) is 76.0 Å². The lowest BCUT2D eigenvalue weighted by molar-refractivity contribution is 0.103. The van der Waals surface area contributed by atoms with Crippen molar-refractivity contribution in [1.29, 1.82) is 0 Å². The Kier molecular flexibility index (Phi) is 13.0. The lowest BCUT2D eigenvalue weighted by atomic mass is 10.0. The van der Waals surface area contributed by atoms with Crippen LogP contribution in [0.5, 0.6) is 23.0 Å². The number of unbranched alkanes of at least 4 members (excludes halogenated alkanes) is 10. The number of ketones is 1. The molecule has 0 aromatic heterocycles. The summed E-state index contributed by atoms with van der Waals surface area (Å²) in [5, 5.41) is 20.7. The highest BCUT2D eigenvalue weighted by atomic mass is 16.5. The van der Waals surface area contributed by atoms with Crippen molar-refractivity contribution in [1.82, 2.24) is 0 Å². The van der Waals surface area contributed by atoms with E-state index in [-0.39, 0.29) is 17.1 Å². The van der Waals surface area contributed by atoms with Gasteiger partial charge in [-0.1, -0.05) is 78.1 Å². The Morgan fingerprint density at radius 3 is 1.76 bits per heavy atom. The van der Waals surface area contributed by atoms with Gasteiger partial charge in [-0.15, -0.1) is 0 Å². The van der Waals surface area contributed by atoms with Crippen LogP contribution in [0.25, 0.3) is 0 Å². The summed E-state index contributed by atoms with van der Waals surface area (Å²) in [7, 11) is 0. The molecule has 2 aromatic carbocycles. The van der Waals surface area contributed by atoms with E-state index < -0.39 is 11.5 Å². The van der Waals surface area contributed by atoms with Crippen LogP contribution in [-0.4, -0.2) is 29.2 Å². The Morgan fingerprint density at radius 1 is 0.647 bits per heavy atom. The van der Waals surface area contributed by atoms with Crippen molar-refractivity contribution in [3.8, 4) is 23.0 Å². The number of hydrogen-bond donors (Lipinski definition) is 2. The molecule has 0 aliphatic carbocycles. The van der Waals surface area contributed by atoms with E-state index >= 15 is 0 Å². The summed E-state index contributed by atoms with van der Waals surface area (Å²) in [5.41, 5.74) is 0.465. The first-order valence-electron chi connectivity index (χ1n) is 13.0. The molecular formula is C29H42O5. The van der Waals surface area contributed by atoms with Crippen molar-refractivity contribution >= 4 is 5.78 Å². The molecule has 2 rings (SSSR count). The lowest BCUT2D eigenvalue weighted by Crippen LogP contribution is -2.04. The van der Waals surface area contributed by atoms with Crippen molar-refractivity contribution in [2.45, 2.75) is 90.9 Å². The van der Waals surface area contributed by atoms with Gasteiger partial charge in [-0.25, -0.2) is 0 Å². The second-order valence-corrected chi connectivity index (χ2v) is 8.89. The van der Waals surface area contributed by atoms with Crippen LogP contribution in [-0.2, 0) is 0 Å². The van der Waals surface area contributed by atoms with Gasteiger partial charge in [0, 0.05) is 5.56 Å². The van der Waals surface area contributed by atoms with E-state index in [0.29, 0.717) is 18.8 Å². The number of aromatic hydroxyl groups is 2. The second kappa shape index (κ2) is 16.0. The molecule has 188 valence electrons. The number of phenolic OH excluding ortho intramolecular Hbond substituents is 2. The summed E-state index contributed by atoms with van der Waals surface area (Å²) in [6.07, 6.45) is 14.1. The summed E-state index contributed by atoms with van der Waals surface area (Å²) in [6.45, 7) is 5.53. The van der Waals surface area contributed by atoms with Crippen LogP contribution in [0.1, 0.15) is 107 Å². The predicted octanol–water partition coefficient (Wildman–Crippen LogP) is 7.81. The fraction of sp³-hybridized carbons (Fsp3) is 0.552. The van der Waals surface area contributed by atoms with Crippen molar-refractivity contribution in [2.75, 3.05) is 13.2 Å². The summed E-state index contributed by atoms with van der Waals surface area (Å²) in [5.74, 6) is -0.293.